The van der Waals surface area contributed by atoms with E-state index in [4.69, 9.17) is 38.9 Å². The highest BCUT2D eigenvalue weighted by molar-refractivity contribution is 5.94. The number of nitrogens with two attached hydrogens (primary N) is 1. The van der Waals surface area contributed by atoms with Crippen LogP contribution in [-0.4, -0.2) is 161 Å². The zero-order valence-electron chi connectivity index (χ0n) is 47.5. The molecule has 0 radical (unpaired) electrons. The molecule has 0 aliphatic rings. The molecule has 0 aliphatic carbocycles. The van der Waals surface area contributed by atoms with Crippen molar-refractivity contribution < 1.29 is 76.3 Å². The maximum Gasteiger partial charge on any atom is 0.329 e. The minimum Gasteiger partial charge on any atom is -0.459 e. The van der Waals surface area contributed by atoms with E-state index in [0.717, 1.165) is 0 Å². The van der Waals surface area contributed by atoms with Gasteiger partial charge in [-0.05, 0) is 126 Å². The van der Waals surface area contributed by atoms with E-state index in [-0.39, 0.29) is 102 Å². The van der Waals surface area contributed by atoms with E-state index in [9.17, 15) is 43.2 Å². The Labute approximate surface area is 449 Å². The fourth-order valence-electron chi connectivity index (χ4n) is 6.76. The second-order valence-corrected chi connectivity index (χ2v) is 22.0. The van der Waals surface area contributed by atoms with Crippen LogP contribution >= 0.6 is 0 Å². The normalized spacial score (nSPS) is 13.1. The Hall–Kier alpha value is -5.55. The van der Waals surface area contributed by atoms with Crippen LogP contribution in [0.1, 0.15) is 151 Å². The number of carbonyl (C=O) groups is 9. The molecule has 3 unspecified atom stereocenters. The number of hydrogen-bond acceptors (Lipinski definition) is 17. The van der Waals surface area contributed by atoms with Crippen molar-refractivity contribution in [3.8, 4) is 0 Å². The van der Waals surface area contributed by atoms with E-state index < -0.39 is 75.9 Å². The summed E-state index contributed by atoms with van der Waals surface area (Å²) < 4.78 is 38.0. The molecule has 5 amide bonds. The first-order chi connectivity index (χ1) is 35.3. The van der Waals surface area contributed by atoms with Crippen molar-refractivity contribution in [2.24, 2.45) is 11.7 Å². The molecule has 1 aromatic rings. The molecule has 3 atom stereocenters. The van der Waals surface area contributed by atoms with Crippen LogP contribution in [0, 0.1) is 5.92 Å². The third-order valence-corrected chi connectivity index (χ3v) is 10.6. The highest BCUT2D eigenvalue weighted by atomic mass is 16.6. The monoisotopic (exact) mass is 1080 g/mol. The second kappa shape index (κ2) is 34.3. The Balaban J connectivity index is 2.56. The Morgan fingerprint density at radius 2 is 0.961 bits per heavy atom. The number of amides is 5. The Kier molecular flexibility index (Phi) is 30.9. The topological polar surface area (TPSA) is 304 Å². The number of ketones is 1. The van der Waals surface area contributed by atoms with Crippen molar-refractivity contribution in [2.45, 2.75) is 175 Å². The number of unbranched alkanes of at least 4 members (excludes halogenated alkanes) is 1. The molecular weight excluding hydrogens is 989 g/mol. The average molecular weight is 1080 g/mol. The SMILES string of the molecule is CC(C)C(=O)C(CCCCNC(=O)c1ccc(C(C)(C)C(=O)OC(C)(C)C)cc1)NC(=O)COCCOCCNC(=O)CCC(NC(=O)CCC(NC(=O)COCCOCCN)C(=O)OC(C)(C)C)C(=O)OC(C)(C)C. The first kappa shape index (κ1) is 68.5. The van der Waals surface area contributed by atoms with Crippen LogP contribution in [0.2, 0.25) is 0 Å². The molecule has 432 valence electrons. The number of Topliss-reactive ketones (excluding diaryl/α,β-unsaturated/α-hetero) is 1. The summed E-state index contributed by atoms with van der Waals surface area (Å²) in [7, 11) is 0. The summed E-state index contributed by atoms with van der Waals surface area (Å²) in [6.07, 6.45) is 0.731. The first-order valence-electron chi connectivity index (χ1n) is 26.1. The van der Waals surface area contributed by atoms with Gasteiger partial charge in [-0.25, -0.2) is 9.59 Å². The van der Waals surface area contributed by atoms with E-state index in [2.05, 4.69) is 26.6 Å². The molecule has 22 nitrogen and oxygen atoms in total. The number of rotatable bonds is 36. The number of esters is 3. The van der Waals surface area contributed by atoms with Gasteiger partial charge in [0.15, 0.2) is 5.78 Å². The van der Waals surface area contributed by atoms with Gasteiger partial charge in [0.1, 0.15) is 42.1 Å². The smallest absolute Gasteiger partial charge is 0.329 e. The minimum atomic E-state index is -1.21. The molecule has 0 saturated heterocycles. The summed E-state index contributed by atoms with van der Waals surface area (Å²) in [5.74, 6) is -4.79. The maximum atomic E-state index is 13.2. The Morgan fingerprint density at radius 3 is 1.45 bits per heavy atom. The summed E-state index contributed by atoms with van der Waals surface area (Å²) in [6.45, 7) is 23.5. The van der Waals surface area contributed by atoms with E-state index in [0.29, 0.717) is 50.1 Å². The largest absolute Gasteiger partial charge is 0.459 e. The third kappa shape index (κ3) is 30.9. The van der Waals surface area contributed by atoms with Gasteiger partial charge >= 0.3 is 17.9 Å². The molecule has 0 fully saturated rings. The van der Waals surface area contributed by atoms with Crippen molar-refractivity contribution in [3.63, 3.8) is 0 Å². The molecule has 0 aliphatic heterocycles. The highest BCUT2D eigenvalue weighted by Gasteiger charge is 2.35. The van der Waals surface area contributed by atoms with Crippen LogP contribution in [0.3, 0.4) is 0 Å². The molecule has 0 heterocycles. The maximum absolute atomic E-state index is 13.2. The summed E-state index contributed by atoms with van der Waals surface area (Å²) >= 11 is 0. The molecule has 1 aromatic carbocycles. The lowest BCUT2D eigenvalue weighted by molar-refractivity contribution is -0.161. The van der Waals surface area contributed by atoms with Crippen molar-refractivity contribution >= 4 is 53.2 Å². The number of carbonyl (C=O) groups excluding carboxylic acids is 9. The lowest BCUT2D eigenvalue weighted by atomic mass is 9.84. The van der Waals surface area contributed by atoms with Gasteiger partial charge in [0.05, 0.1) is 51.1 Å². The first-order valence-corrected chi connectivity index (χ1v) is 26.1. The van der Waals surface area contributed by atoms with E-state index in [1.54, 1.807) is 114 Å². The van der Waals surface area contributed by atoms with Gasteiger partial charge in [0.2, 0.25) is 23.6 Å². The fraction of sp³-hybridized carbons (Fsp3) is 0.722. The van der Waals surface area contributed by atoms with E-state index in [1.165, 1.54) is 0 Å². The molecule has 0 bridgehead atoms. The van der Waals surface area contributed by atoms with Gasteiger partial charge in [0.25, 0.3) is 5.91 Å². The van der Waals surface area contributed by atoms with Crippen molar-refractivity contribution in [1.82, 2.24) is 26.6 Å². The number of ether oxygens (including phenoxy) is 7. The number of benzene rings is 1. The predicted octanol–water partition coefficient (Wildman–Crippen LogP) is 3.27. The molecule has 7 N–H and O–H groups in total. The lowest BCUT2D eigenvalue weighted by Gasteiger charge is -2.28. The molecule has 76 heavy (non-hydrogen) atoms. The quantitative estimate of drug-likeness (QED) is 0.0319. The lowest BCUT2D eigenvalue weighted by Crippen LogP contribution is -2.47. The summed E-state index contributed by atoms with van der Waals surface area (Å²) in [5.41, 5.74) is 3.20. The summed E-state index contributed by atoms with van der Waals surface area (Å²) in [6, 6.07) is 3.63. The van der Waals surface area contributed by atoms with Gasteiger partial charge in [-0.1, -0.05) is 26.0 Å². The summed E-state index contributed by atoms with van der Waals surface area (Å²) in [5, 5.41) is 13.4. The van der Waals surface area contributed by atoms with Gasteiger partial charge in [0, 0.05) is 44.0 Å². The minimum absolute atomic E-state index is 0.0520. The molecular formula is C54H90N6O16. The van der Waals surface area contributed by atoms with Crippen LogP contribution in [0.25, 0.3) is 0 Å². The molecule has 0 saturated carbocycles. The molecule has 0 spiro atoms. The van der Waals surface area contributed by atoms with Gasteiger partial charge in [-0.2, -0.15) is 0 Å². The zero-order valence-corrected chi connectivity index (χ0v) is 47.5. The van der Waals surface area contributed by atoms with Crippen molar-refractivity contribution in [1.29, 1.82) is 0 Å². The molecule has 0 aromatic heterocycles. The molecule has 1 rings (SSSR count). The van der Waals surface area contributed by atoms with E-state index >= 15 is 0 Å². The fourth-order valence-corrected chi connectivity index (χ4v) is 6.76. The van der Waals surface area contributed by atoms with Crippen LogP contribution in [0.15, 0.2) is 24.3 Å². The molecule has 22 heteroatoms. The predicted molar refractivity (Wildman–Crippen MR) is 283 cm³/mol. The standard InChI is InChI=1S/C54H90N6O16/c1-36(2)46(65)39(16-14-15-26-57-47(66)37-17-19-38(20-18-37)54(12,13)50(69)76-53(9,10)11)58-44(63)34-73-33-31-71-29-27-56-42(61)23-21-40(48(67)74-51(3,4)5)59-43(62)24-22-41(49(68)75-52(6,7)8)60-45(64)35-72-32-30-70-28-25-55/h17-20,36,39-41H,14-16,21-35,55H2,1-13H3,(H,56,61)(H,57,66)(H,58,63)(H,59,62)(H,60,64). The highest BCUT2D eigenvalue weighted by Crippen LogP contribution is 2.27. The second-order valence-electron chi connectivity index (χ2n) is 22.0. The number of nitrogens with one attached hydrogen (secondary N) is 5. The van der Waals surface area contributed by atoms with Crippen molar-refractivity contribution in [3.05, 3.63) is 35.4 Å². The Bertz CT molecular complexity index is 2010. The zero-order chi connectivity index (χ0) is 57.7. The van der Waals surface area contributed by atoms with Gasteiger partial charge < -0.3 is 65.5 Å². The average Bonchev–Trinajstić information content (AvgIpc) is 3.30. The van der Waals surface area contributed by atoms with Crippen molar-refractivity contribution in [2.75, 3.05) is 72.5 Å². The van der Waals surface area contributed by atoms with Crippen LogP contribution in [-0.2, 0) is 76.9 Å². The summed E-state index contributed by atoms with van der Waals surface area (Å²) in [4.78, 5) is 116. The van der Waals surface area contributed by atoms with E-state index in [1.807, 2.05) is 0 Å². The number of hydrogen-bond donors (Lipinski definition) is 6. The third-order valence-electron chi connectivity index (χ3n) is 10.6. The van der Waals surface area contributed by atoms with Crippen LogP contribution in [0.5, 0.6) is 0 Å². The Morgan fingerprint density at radius 1 is 0.500 bits per heavy atom. The van der Waals surface area contributed by atoms with Crippen LogP contribution in [0.4, 0.5) is 0 Å². The van der Waals surface area contributed by atoms with Gasteiger partial charge in [-0.15, -0.1) is 0 Å². The van der Waals surface area contributed by atoms with Crippen LogP contribution < -0.4 is 32.3 Å². The van der Waals surface area contributed by atoms with Gasteiger partial charge in [-0.3, -0.25) is 33.6 Å².